The lowest BCUT2D eigenvalue weighted by molar-refractivity contribution is 0.881. The molecule has 0 atom stereocenters. The summed E-state index contributed by atoms with van der Waals surface area (Å²) in [6.45, 7) is 0. The normalized spacial score (nSPS) is 11.1. The fourth-order valence-electron chi connectivity index (χ4n) is 9.58. The number of hydrogen-bond donors (Lipinski definition) is 0. The number of pyridine rings is 1. The van der Waals surface area contributed by atoms with Crippen molar-refractivity contribution in [2.75, 3.05) is 0 Å². The van der Waals surface area contributed by atoms with E-state index < -0.39 is 0 Å². The van der Waals surface area contributed by atoms with Crippen LogP contribution >= 0.6 is 0 Å². The lowest BCUT2D eigenvalue weighted by Gasteiger charge is -2.19. The van der Waals surface area contributed by atoms with Crippen LogP contribution in [0.25, 0.3) is 112 Å². The Morgan fingerprint density at radius 2 is 0.600 bits per heavy atom. The monoisotopic (exact) mass is 895 g/mol. The Labute approximate surface area is 407 Å². The van der Waals surface area contributed by atoms with E-state index in [1.165, 1.54) is 5.56 Å². The van der Waals surface area contributed by atoms with Crippen LogP contribution in [-0.2, 0) is 0 Å². The highest BCUT2D eigenvalue weighted by Crippen LogP contribution is 2.44. The highest BCUT2D eigenvalue weighted by Gasteiger charge is 2.20. The molecule has 3 heterocycles. The van der Waals surface area contributed by atoms with E-state index in [-0.39, 0.29) is 0 Å². The van der Waals surface area contributed by atoms with E-state index in [2.05, 4.69) is 225 Å². The zero-order valence-electron chi connectivity index (χ0n) is 38.2. The first-order chi connectivity index (χ1) is 34.7. The van der Waals surface area contributed by atoms with Gasteiger partial charge in [-0.05, 0) is 127 Å². The fraction of sp³-hybridized carbons (Fsp3) is 0. The SMILES string of the molecule is c1ccc(-c2cccc(-c3cc(-c4ccccc4)c(-c4ccccc4-c4cc(-c5ccccc5-c5cnn(-c6ccccc6)c5)cc(-c5ccccc5-c5cnn(-c6ccccc6)c5)c4)cn3)c2)cc1. The Hall–Kier alpha value is -9.45. The van der Waals surface area contributed by atoms with Crippen molar-refractivity contribution < 1.29 is 0 Å². The molecular formula is C65H45N5. The molecule has 5 heteroatoms. The van der Waals surface area contributed by atoms with Gasteiger partial charge in [0.1, 0.15) is 0 Å². The van der Waals surface area contributed by atoms with Crippen LogP contribution in [0.2, 0.25) is 0 Å². The Kier molecular flexibility index (Phi) is 11.2. The van der Waals surface area contributed by atoms with E-state index in [1.54, 1.807) is 0 Å². The number of para-hydroxylation sites is 2. The second-order valence-corrected chi connectivity index (χ2v) is 17.4. The van der Waals surface area contributed by atoms with Gasteiger partial charge in [-0.2, -0.15) is 10.2 Å². The Morgan fingerprint density at radius 1 is 0.229 bits per heavy atom. The molecule has 0 amide bonds. The molecule has 3 aromatic heterocycles. The van der Waals surface area contributed by atoms with Crippen LogP contribution in [0.4, 0.5) is 0 Å². The number of benzene rings is 9. The molecule has 0 aliphatic rings. The fourth-order valence-corrected chi connectivity index (χ4v) is 9.58. The van der Waals surface area contributed by atoms with E-state index in [4.69, 9.17) is 15.2 Å². The smallest absolute Gasteiger partial charge is 0.0708 e. The van der Waals surface area contributed by atoms with Crippen LogP contribution in [0.5, 0.6) is 0 Å². The molecule has 0 unspecified atom stereocenters. The standard InChI is InChI=1S/C65H45N5/c1-5-20-46(21-6-1)48-24-19-25-49(36-48)65-40-63(47-22-7-2-8-23-47)64(43-66-65)62-35-18-17-32-59(62)52-38-50(57-30-13-15-33-60(57)53-41-67-69(44-53)55-26-9-3-10-27-55)37-51(39-52)58-31-14-16-34-61(58)54-42-68-70(45-54)56-28-11-4-12-29-56/h1-45H. The maximum atomic E-state index is 5.23. The molecule has 330 valence electrons. The van der Waals surface area contributed by atoms with Gasteiger partial charge in [0.15, 0.2) is 0 Å². The summed E-state index contributed by atoms with van der Waals surface area (Å²) in [7, 11) is 0. The highest BCUT2D eigenvalue weighted by atomic mass is 15.3. The third kappa shape index (κ3) is 8.33. The van der Waals surface area contributed by atoms with Gasteiger partial charge in [0.25, 0.3) is 0 Å². The minimum Gasteiger partial charge on any atom is -0.256 e. The Morgan fingerprint density at radius 3 is 1.10 bits per heavy atom. The largest absolute Gasteiger partial charge is 0.256 e. The number of rotatable bonds is 11. The van der Waals surface area contributed by atoms with Crippen molar-refractivity contribution in [1.29, 1.82) is 0 Å². The molecule has 12 aromatic rings. The molecule has 0 radical (unpaired) electrons. The average molecular weight is 896 g/mol. The van der Waals surface area contributed by atoms with Crippen molar-refractivity contribution in [1.82, 2.24) is 24.5 Å². The van der Waals surface area contributed by atoms with Crippen molar-refractivity contribution >= 4 is 0 Å². The van der Waals surface area contributed by atoms with Gasteiger partial charge in [-0.25, -0.2) is 9.36 Å². The quantitative estimate of drug-likeness (QED) is 0.130. The molecule has 0 saturated heterocycles. The van der Waals surface area contributed by atoms with E-state index in [9.17, 15) is 0 Å². The summed E-state index contributed by atoms with van der Waals surface area (Å²) in [6.07, 6.45) is 10.2. The van der Waals surface area contributed by atoms with Crippen LogP contribution in [0.15, 0.2) is 274 Å². The summed E-state index contributed by atoms with van der Waals surface area (Å²) in [5.41, 5.74) is 21.6. The van der Waals surface area contributed by atoms with Crippen molar-refractivity contribution in [3.8, 4) is 112 Å². The van der Waals surface area contributed by atoms with Crippen LogP contribution in [0, 0.1) is 0 Å². The molecule has 70 heavy (non-hydrogen) atoms. The summed E-state index contributed by atoms with van der Waals surface area (Å²) < 4.78 is 3.89. The van der Waals surface area contributed by atoms with Gasteiger partial charge in [0.05, 0.1) is 29.5 Å². The van der Waals surface area contributed by atoms with Crippen molar-refractivity contribution in [3.63, 3.8) is 0 Å². The number of aromatic nitrogens is 5. The maximum Gasteiger partial charge on any atom is 0.0708 e. The van der Waals surface area contributed by atoms with Crippen molar-refractivity contribution in [3.05, 3.63) is 274 Å². The molecule has 0 spiro atoms. The lowest BCUT2D eigenvalue weighted by Crippen LogP contribution is -1.95. The third-order valence-corrected chi connectivity index (χ3v) is 13.0. The summed E-state index contributed by atoms with van der Waals surface area (Å²) in [6, 6.07) is 85.7. The van der Waals surface area contributed by atoms with Gasteiger partial charge in [-0.3, -0.25) is 4.98 Å². The molecule has 0 saturated carbocycles. The van der Waals surface area contributed by atoms with Gasteiger partial charge in [-0.15, -0.1) is 0 Å². The second-order valence-electron chi connectivity index (χ2n) is 17.4. The van der Waals surface area contributed by atoms with E-state index in [1.807, 2.05) is 58.2 Å². The predicted molar refractivity (Wildman–Crippen MR) is 287 cm³/mol. The first-order valence-electron chi connectivity index (χ1n) is 23.6. The van der Waals surface area contributed by atoms with E-state index in [0.29, 0.717) is 0 Å². The zero-order chi connectivity index (χ0) is 46.6. The molecule has 0 aliphatic carbocycles. The maximum absolute atomic E-state index is 5.23. The molecule has 5 nitrogen and oxygen atoms in total. The summed E-state index contributed by atoms with van der Waals surface area (Å²) >= 11 is 0. The molecule has 0 aliphatic heterocycles. The topological polar surface area (TPSA) is 48.5 Å². The van der Waals surface area contributed by atoms with Crippen LogP contribution in [-0.4, -0.2) is 24.5 Å². The van der Waals surface area contributed by atoms with Crippen LogP contribution in [0.3, 0.4) is 0 Å². The molecule has 0 bridgehead atoms. The van der Waals surface area contributed by atoms with Crippen molar-refractivity contribution in [2.45, 2.75) is 0 Å². The molecule has 12 rings (SSSR count). The summed E-state index contributed by atoms with van der Waals surface area (Å²) in [5, 5.41) is 9.64. The van der Waals surface area contributed by atoms with E-state index >= 15 is 0 Å². The second kappa shape index (κ2) is 18.7. The van der Waals surface area contributed by atoms with Gasteiger partial charge in [0, 0.05) is 40.8 Å². The minimum absolute atomic E-state index is 0.918. The van der Waals surface area contributed by atoms with Crippen LogP contribution < -0.4 is 0 Å². The molecular weight excluding hydrogens is 851 g/mol. The van der Waals surface area contributed by atoms with Gasteiger partial charge < -0.3 is 0 Å². The molecule has 0 fully saturated rings. The summed E-state index contributed by atoms with van der Waals surface area (Å²) in [5.74, 6) is 0. The lowest BCUT2D eigenvalue weighted by atomic mass is 9.85. The first kappa shape index (κ1) is 41.9. The zero-order valence-corrected chi connectivity index (χ0v) is 38.2. The van der Waals surface area contributed by atoms with Gasteiger partial charge >= 0.3 is 0 Å². The average Bonchev–Trinajstić information content (AvgIpc) is 4.16. The van der Waals surface area contributed by atoms with Gasteiger partial charge in [-0.1, -0.05) is 188 Å². The third-order valence-electron chi connectivity index (χ3n) is 13.0. The Balaban J connectivity index is 1.04. The highest BCUT2D eigenvalue weighted by molar-refractivity contribution is 5.97. The van der Waals surface area contributed by atoms with Gasteiger partial charge in [0.2, 0.25) is 0 Å². The molecule has 9 aromatic carbocycles. The molecule has 0 N–H and O–H groups in total. The summed E-state index contributed by atoms with van der Waals surface area (Å²) in [4.78, 5) is 5.23. The van der Waals surface area contributed by atoms with Crippen LogP contribution in [0.1, 0.15) is 0 Å². The minimum atomic E-state index is 0.918. The Bertz CT molecular complexity index is 3620. The van der Waals surface area contributed by atoms with Crippen molar-refractivity contribution in [2.24, 2.45) is 0 Å². The van der Waals surface area contributed by atoms with E-state index in [0.717, 1.165) is 106 Å². The number of hydrogen-bond acceptors (Lipinski definition) is 3. The predicted octanol–water partition coefficient (Wildman–Crippen LogP) is 16.5. The number of nitrogens with zero attached hydrogens (tertiary/aromatic N) is 5. The first-order valence-corrected chi connectivity index (χ1v) is 23.6.